The molecule has 1 fully saturated rings. The molecular weight excluding hydrogens is 399 g/mol. The van der Waals surface area contributed by atoms with Crippen LogP contribution in [-0.2, 0) is 6.42 Å². The average Bonchev–Trinajstić information content (AvgIpc) is 2.84. The van der Waals surface area contributed by atoms with Gasteiger partial charge in [-0.25, -0.2) is 4.98 Å². The summed E-state index contributed by atoms with van der Waals surface area (Å²) in [7, 11) is 0. The highest BCUT2D eigenvalue weighted by Crippen LogP contribution is 2.12. The Morgan fingerprint density at radius 2 is 2.24 bits per heavy atom. The van der Waals surface area contributed by atoms with E-state index in [-0.39, 0.29) is 30.1 Å². The van der Waals surface area contributed by atoms with Gasteiger partial charge in [0, 0.05) is 43.7 Å². The van der Waals surface area contributed by atoms with Crippen LogP contribution < -0.4 is 5.32 Å². The van der Waals surface area contributed by atoms with Crippen LogP contribution in [0.4, 0.5) is 0 Å². The number of hydrogen-bond donors (Lipinski definition) is 2. The smallest absolute Gasteiger partial charge is 0.193 e. The summed E-state index contributed by atoms with van der Waals surface area (Å²) in [6.45, 7) is 7.54. The van der Waals surface area contributed by atoms with Crippen LogP contribution in [0.1, 0.15) is 29.7 Å². The summed E-state index contributed by atoms with van der Waals surface area (Å²) >= 11 is 1.74. The maximum atomic E-state index is 9.57. The number of rotatable bonds is 4. The number of aryl methyl sites for hydroxylation is 1. The monoisotopic (exact) mass is 424 g/mol. The molecule has 0 bridgehead atoms. The number of guanidine groups is 1. The lowest BCUT2D eigenvalue weighted by Gasteiger charge is -2.32. The lowest BCUT2D eigenvalue weighted by molar-refractivity contribution is 0.108. The van der Waals surface area contributed by atoms with Crippen molar-refractivity contribution in [2.75, 3.05) is 26.2 Å². The number of hydrogen-bond acceptors (Lipinski definition) is 4. The van der Waals surface area contributed by atoms with Gasteiger partial charge in [0.25, 0.3) is 0 Å². The summed E-state index contributed by atoms with van der Waals surface area (Å²) < 4.78 is 0. The number of aromatic nitrogens is 1. The van der Waals surface area contributed by atoms with E-state index in [1.54, 1.807) is 11.3 Å². The molecule has 0 unspecified atom stereocenters. The molecule has 120 valence electrons. The number of likely N-dealkylation sites (tertiary alicyclic amines) is 1. The second-order valence-electron chi connectivity index (χ2n) is 5.07. The van der Waals surface area contributed by atoms with Crippen molar-refractivity contribution in [3.63, 3.8) is 0 Å². The summed E-state index contributed by atoms with van der Waals surface area (Å²) in [6.07, 6.45) is 4.32. The minimum absolute atomic E-state index is 0. The highest BCUT2D eigenvalue weighted by atomic mass is 127. The molecule has 0 spiro atoms. The van der Waals surface area contributed by atoms with Crippen molar-refractivity contribution in [2.45, 2.75) is 39.2 Å². The van der Waals surface area contributed by atoms with Crippen molar-refractivity contribution < 1.29 is 5.11 Å². The summed E-state index contributed by atoms with van der Waals surface area (Å²) in [6, 6.07) is 0. The molecule has 2 rings (SSSR count). The van der Waals surface area contributed by atoms with Crippen molar-refractivity contribution in [1.82, 2.24) is 15.2 Å². The molecule has 1 aromatic heterocycles. The standard InChI is InChI=1S/C14H24N4OS.HI/c1-3-15-14(18-8-5-12(19)6-9-18)16-7-4-13-17-10-11(2)20-13;/h10,12,19H,3-9H2,1-2H3,(H,15,16);1H. The molecule has 0 atom stereocenters. The summed E-state index contributed by atoms with van der Waals surface area (Å²) in [5.41, 5.74) is 0. The van der Waals surface area contributed by atoms with Crippen molar-refractivity contribution in [2.24, 2.45) is 4.99 Å². The minimum Gasteiger partial charge on any atom is -0.393 e. The van der Waals surface area contributed by atoms with Crippen LogP contribution in [0.25, 0.3) is 0 Å². The SMILES string of the molecule is CCNC(=NCCc1ncc(C)s1)N1CCC(O)CC1.I. The molecule has 1 saturated heterocycles. The van der Waals surface area contributed by atoms with Gasteiger partial charge >= 0.3 is 0 Å². The van der Waals surface area contributed by atoms with Crippen LogP contribution in [0.3, 0.4) is 0 Å². The minimum atomic E-state index is -0.146. The van der Waals surface area contributed by atoms with Gasteiger partial charge in [-0.2, -0.15) is 0 Å². The Morgan fingerprint density at radius 1 is 1.52 bits per heavy atom. The Kier molecular flexibility index (Phi) is 8.50. The Labute approximate surface area is 147 Å². The van der Waals surface area contributed by atoms with Gasteiger partial charge in [-0.3, -0.25) is 4.99 Å². The lowest BCUT2D eigenvalue weighted by Crippen LogP contribution is -2.46. The first-order valence-corrected chi connectivity index (χ1v) is 8.13. The quantitative estimate of drug-likeness (QED) is 0.441. The van der Waals surface area contributed by atoms with Gasteiger partial charge in [-0.1, -0.05) is 0 Å². The van der Waals surface area contributed by atoms with Crippen LogP contribution in [0.2, 0.25) is 0 Å². The van der Waals surface area contributed by atoms with Crippen LogP contribution in [0.5, 0.6) is 0 Å². The fraction of sp³-hybridized carbons (Fsp3) is 0.714. The number of halogens is 1. The van der Waals surface area contributed by atoms with E-state index in [9.17, 15) is 5.11 Å². The van der Waals surface area contributed by atoms with Crippen LogP contribution in [-0.4, -0.2) is 53.2 Å². The number of aliphatic hydroxyl groups excluding tert-OH is 1. The molecule has 1 aromatic rings. The zero-order valence-corrected chi connectivity index (χ0v) is 15.9. The molecule has 5 nitrogen and oxygen atoms in total. The predicted molar refractivity (Wildman–Crippen MR) is 98.8 cm³/mol. The van der Waals surface area contributed by atoms with E-state index in [2.05, 4.69) is 34.0 Å². The number of nitrogens with zero attached hydrogens (tertiary/aromatic N) is 3. The van der Waals surface area contributed by atoms with Gasteiger partial charge in [-0.05, 0) is 26.7 Å². The zero-order chi connectivity index (χ0) is 14.4. The number of piperidine rings is 1. The fourth-order valence-electron chi connectivity index (χ4n) is 2.28. The Balaban J connectivity index is 0.00000220. The van der Waals surface area contributed by atoms with E-state index in [1.807, 2.05) is 6.20 Å². The summed E-state index contributed by atoms with van der Waals surface area (Å²) in [4.78, 5) is 12.5. The average molecular weight is 424 g/mol. The van der Waals surface area contributed by atoms with E-state index in [0.717, 1.165) is 56.4 Å². The largest absolute Gasteiger partial charge is 0.393 e. The maximum Gasteiger partial charge on any atom is 0.193 e. The van der Waals surface area contributed by atoms with Gasteiger partial charge in [-0.15, -0.1) is 35.3 Å². The Bertz CT molecular complexity index is 444. The fourth-order valence-corrected chi connectivity index (χ4v) is 3.05. The molecule has 0 aromatic carbocycles. The molecule has 0 aliphatic carbocycles. The van der Waals surface area contributed by atoms with E-state index >= 15 is 0 Å². The summed E-state index contributed by atoms with van der Waals surface area (Å²) in [5, 5.41) is 14.1. The molecule has 21 heavy (non-hydrogen) atoms. The third kappa shape index (κ3) is 6.07. The molecule has 7 heteroatoms. The van der Waals surface area contributed by atoms with E-state index in [1.165, 1.54) is 4.88 Å². The molecule has 0 radical (unpaired) electrons. The normalized spacial score (nSPS) is 16.7. The maximum absolute atomic E-state index is 9.57. The highest BCUT2D eigenvalue weighted by Gasteiger charge is 2.19. The Hall–Kier alpha value is -0.410. The lowest BCUT2D eigenvalue weighted by atomic mass is 10.1. The third-order valence-corrected chi connectivity index (χ3v) is 4.33. The molecule has 2 heterocycles. The van der Waals surface area contributed by atoms with Crippen molar-refractivity contribution in [3.05, 3.63) is 16.1 Å². The van der Waals surface area contributed by atoms with Crippen LogP contribution >= 0.6 is 35.3 Å². The predicted octanol–water partition coefficient (Wildman–Crippen LogP) is 2.03. The van der Waals surface area contributed by atoms with Gasteiger partial charge < -0.3 is 15.3 Å². The molecule has 1 aliphatic heterocycles. The van der Waals surface area contributed by atoms with Crippen LogP contribution in [0.15, 0.2) is 11.2 Å². The summed E-state index contributed by atoms with van der Waals surface area (Å²) in [5.74, 6) is 0.965. The first-order valence-electron chi connectivity index (χ1n) is 7.31. The van der Waals surface area contributed by atoms with Gasteiger partial charge in [0.15, 0.2) is 5.96 Å². The second kappa shape index (κ2) is 9.58. The van der Waals surface area contributed by atoms with Gasteiger partial charge in [0.05, 0.1) is 11.1 Å². The van der Waals surface area contributed by atoms with Gasteiger partial charge in [0.1, 0.15) is 0 Å². The number of nitrogens with one attached hydrogen (secondary N) is 1. The Morgan fingerprint density at radius 3 is 2.81 bits per heavy atom. The molecule has 1 aliphatic rings. The topological polar surface area (TPSA) is 60.8 Å². The second-order valence-corrected chi connectivity index (χ2v) is 6.39. The molecule has 2 N–H and O–H groups in total. The number of aliphatic imine (C=N–C) groups is 1. The van der Waals surface area contributed by atoms with E-state index in [4.69, 9.17) is 0 Å². The van der Waals surface area contributed by atoms with E-state index < -0.39 is 0 Å². The van der Waals surface area contributed by atoms with Crippen molar-refractivity contribution in [3.8, 4) is 0 Å². The third-order valence-electron chi connectivity index (χ3n) is 3.36. The molecule has 0 amide bonds. The number of aliphatic hydroxyl groups is 1. The van der Waals surface area contributed by atoms with Crippen molar-refractivity contribution in [1.29, 1.82) is 0 Å². The van der Waals surface area contributed by atoms with Crippen molar-refractivity contribution >= 4 is 41.3 Å². The van der Waals surface area contributed by atoms with Gasteiger partial charge in [0.2, 0.25) is 0 Å². The molecular formula is C14H25IN4OS. The zero-order valence-electron chi connectivity index (χ0n) is 12.7. The van der Waals surface area contributed by atoms with Crippen LogP contribution in [0, 0.1) is 6.92 Å². The number of thiazole rings is 1. The first kappa shape index (κ1) is 18.6. The molecule has 0 saturated carbocycles. The van der Waals surface area contributed by atoms with E-state index in [0.29, 0.717) is 0 Å². The highest BCUT2D eigenvalue weighted by molar-refractivity contribution is 14.0. The first-order chi connectivity index (χ1) is 9.69.